The van der Waals surface area contributed by atoms with Gasteiger partial charge in [0.15, 0.2) is 5.96 Å². The third-order valence-corrected chi connectivity index (χ3v) is 8.41. The molecule has 160 valence electrons. The molecule has 6 heteroatoms. The molecule has 0 aromatic rings. The summed E-state index contributed by atoms with van der Waals surface area (Å²) < 4.78 is 6.14. The molecule has 28 heavy (non-hydrogen) atoms. The van der Waals surface area contributed by atoms with Crippen LogP contribution in [0.1, 0.15) is 64.2 Å². The first kappa shape index (κ1) is 21.2. The number of nitrogens with zero attached hydrogens (tertiary/aromatic N) is 2. The van der Waals surface area contributed by atoms with E-state index in [1.165, 1.54) is 83.8 Å². The van der Waals surface area contributed by atoms with Crippen LogP contribution in [0.5, 0.6) is 0 Å². The summed E-state index contributed by atoms with van der Waals surface area (Å²) in [5, 5.41) is 7.62. The normalized spacial score (nSPS) is 37.7. The van der Waals surface area contributed by atoms with Gasteiger partial charge in [0, 0.05) is 56.7 Å². The van der Waals surface area contributed by atoms with Gasteiger partial charge >= 0.3 is 0 Å². The molecule has 1 spiro atoms. The number of fused-ring (bicyclic) bond motifs is 2. The van der Waals surface area contributed by atoms with Crippen molar-refractivity contribution in [3.63, 3.8) is 0 Å². The summed E-state index contributed by atoms with van der Waals surface area (Å²) in [6.45, 7) is 4.70. The summed E-state index contributed by atoms with van der Waals surface area (Å²) in [4.78, 5) is 7.29. The Morgan fingerprint density at radius 2 is 1.86 bits per heavy atom. The fourth-order valence-corrected chi connectivity index (χ4v) is 7.09. The molecule has 0 aromatic heterocycles. The Bertz CT molecular complexity index is 559. The number of hydrogen-bond donors (Lipinski definition) is 2. The van der Waals surface area contributed by atoms with Gasteiger partial charge in [0.05, 0.1) is 6.10 Å². The van der Waals surface area contributed by atoms with Crippen molar-refractivity contribution in [1.29, 1.82) is 0 Å². The molecular formula is C22H39IN4O. The Morgan fingerprint density at radius 3 is 2.61 bits per heavy atom. The summed E-state index contributed by atoms with van der Waals surface area (Å²) in [7, 11) is 1.93. The van der Waals surface area contributed by atoms with Crippen molar-refractivity contribution < 1.29 is 4.74 Å². The second-order valence-corrected chi connectivity index (χ2v) is 9.92. The highest BCUT2D eigenvalue weighted by Crippen LogP contribution is 2.60. The van der Waals surface area contributed by atoms with Crippen LogP contribution in [0.2, 0.25) is 0 Å². The fourth-order valence-electron chi connectivity index (χ4n) is 7.09. The average molecular weight is 502 g/mol. The molecule has 5 fully saturated rings. The van der Waals surface area contributed by atoms with Crippen LogP contribution in [0.15, 0.2) is 4.99 Å². The molecule has 5 nitrogen and oxygen atoms in total. The van der Waals surface area contributed by atoms with Crippen molar-refractivity contribution in [2.24, 2.45) is 22.2 Å². The summed E-state index contributed by atoms with van der Waals surface area (Å²) in [6.07, 6.45) is 14.2. The minimum atomic E-state index is 0. The van der Waals surface area contributed by atoms with E-state index in [0.29, 0.717) is 29.5 Å². The van der Waals surface area contributed by atoms with Crippen molar-refractivity contribution in [2.75, 3.05) is 33.3 Å². The van der Waals surface area contributed by atoms with E-state index in [0.717, 1.165) is 18.5 Å². The number of aliphatic imine (C=N–C) groups is 1. The van der Waals surface area contributed by atoms with Gasteiger partial charge in [0.25, 0.3) is 0 Å². The lowest BCUT2D eigenvalue weighted by atomic mass is 9.54. The van der Waals surface area contributed by atoms with Crippen molar-refractivity contribution in [1.82, 2.24) is 15.5 Å². The molecule has 0 radical (unpaired) electrons. The van der Waals surface area contributed by atoms with E-state index in [9.17, 15) is 0 Å². The van der Waals surface area contributed by atoms with Crippen LogP contribution in [-0.4, -0.2) is 62.3 Å². The molecule has 4 unspecified atom stereocenters. The van der Waals surface area contributed by atoms with Gasteiger partial charge in [-0.2, -0.15) is 0 Å². The standard InChI is InChI=1S/C22H38N4O.HI/c1-23-21(24-17-8-12-26(15-17)14-16-6-2-3-7-16)25-19-18-9-13-27-20(18)22(19)10-4-5-11-22;/h16-20H,2-15H2,1H3,(H2,23,24,25);1H. The maximum atomic E-state index is 6.14. The highest BCUT2D eigenvalue weighted by atomic mass is 127. The molecular weight excluding hydrogens is 463 g/mol. The number of nitrogens with one attached hydrogen (secondary N) is 2. The van der Waals surface area contributed by atoms with Crippen LogP contribution >= 0.6 is 24.0 Å². The number of rotatable bonds is 4. The van der Waals surface area contributed by atoms with E-state index in [4.69, 9.17) is 4.74 Å². The topological polar surface area (TPSA) is 48.9 Å². The van der Waals surface area contributed by atoms with Crippen molar-refractivity contribution in [3.05, 3.63) is 0 Å². The average Bonchev–Trinajstić information content (AvgIpc) is 3.45. The Balaban J connectivity index is 0.00000192. The van der Waals surface area contributed by atoms with Gasteiger partial charge in [0.2, 0.25) is 0 Å². The van der Waals surface area contributed by atoms with Crippen LogP contribution in [-0.2, 0) is 4.74 Å². The van der Waals surface area contributed by atoms with Gasteiger partial charge in [-0.1, -0.05) is 25.7 Å². The first-order chi connectivity index (χ1) is 13.3. The number of likely N-dealkylation sites (tertiary alicyclic amines) is 1. The maximum absolute atomic E-state index is 6.14. The highest BCUT2D eigenvalue weighted by molar-refractivity contribution is 14.0. The first-order valence-electron chi connectivity index (χ1n) is 11.6. The van der Waals surface area contributed by atoms with Gasteiger partial charge in [-0.05, 0) is 44.4 Å². The molecule has 4 atom stereocenters. The monoisotopic (exact) mass is 502 g/mol. The van der Waals surface area contributed by atoms with Crippen LogP contribution in [0, 0.1) is 17.3 Å². The zero-order valence-electron chi connectivity index (χ0n) is 17.5. The molecule has 3 saturated carbocycles. The quantitative estimate of drug-likeness (QED) is 0.352. The third kappa shape index (κ3) is 3.82. The number of guanidine groups is 1. The summed E-state index contributed by atoms with van der Waals surface area (Å²) >= 11 is 0. The maximum Gasteiger partial charge on any atom is 0.191 e. The molecule has 0 amide bonds. The predicted molar refractivity (Wildman–Crippen MR) is 124 cm³/mol. The van der Waals surface area contributed by atoms with Crippen molar-refractivity contribution in [3.8, 4) is 0 Å². The fraction of sp³-hybridized carbons (Fsp3) is 0.955. The number of hydrogen-bond acceptors (Lipinski definition) is 3. The SMILES string of the molecule is CN=C(NC1CCN(CC2CCCC2)C1)NC1C2CCOC2C12CCCC2.I. The van der Waals surface area contributed by atoms with Crippen LogP contribution in [0.4, 0.5) is 0 Å². The molecule has 5 aliphatic rings. The molecule has 2 N–H and O–H groups in total. The molecule has 0 bridgehead atoms. The zero-order chi connectivity index (χ0) is 18.3. The lowest BCUT2D eigenvalue weighted by Crippen LogP contribution is -2.69. The molecule has 2 aliphatic heterocycles. The van der Waals surface area contributed by atoms with Gasteiger partial charge in [0.1, 0.15) is 0 Å². The summed E-state index contributed by atoms with van der Waals surface area (Å²) in [6, 6.07) is 1.11. The molecule has 3 aliphatic carbocycles. The van der Waals surface area contributed by atoms with Gasteiger partial charge < -0.3 is 20.3 Å². The molecule has 2 heterocycles. The Hall–Kier alpha value is -0.0800. The van der Waals surface area contributed by atoms with E-state index in [1.54, 1.807) is 0 Å². The van der Waals surface area contributed by atoms with E-state index in [1.807, 2.05) is 7.05 Å². The summed E-state index contributed by atoms with van der Waals surface area (Å²) in [5.41, 5.74) is 0.392. The lowest BCUT2D eigenvalue weighted by molar-refractivity contribution is -0.125. The third-order valence-electron chi connectivity index (χ3n) is 8.41. The second kappa shape index (κ2) is 8.96. The van der Waals surface area contributed by atoms with E-state index in [2.05, 4.69) is 20.5 Å². The van der Waals surface area contributed by atoms with Crippen LogP contribution in [0.25, 0.3) is 0 Å². The first-order valence-corrected chi connectivity index (χ1v) is 11.6. The Morgan fingerprint density at radius 1 is 1.07 bits per heavy atom. The Labute approximate surface area is 187 Å². The van der Waals surface area contributed by atoms with E-state index < -0.39 is 0 Å². The van der Waals surface area contributed by atoms with E-state index in [-0.39, 0.29) is 24.0 Å². The van der Waals surface area contributed by atoms with Crippen LogP contribution in [0.3, 0.4) is 0 Å². The predicted octanol–water partition coefficient (Wildman–Crippen LogP) is 3.38. The lowest BCUT2D eigenvalue weighted by Gasteiger charge is -2.57. The smallest absolute Gasteiger partial charge is 0.191 e. The Kier molecular flexibility index (Phi) is 6.77. The summed E-state index contributed by atoms with van der Waals surface area (Å²) in [5.74, 6) is 2.69. The number of ether oxygens (including phenoxy) is 1. The number of halogens is 1. The van der Waals surface area contributed by atoms with Gasteiger partial charge in [-0.15, -0.1) is 24.0 Å². The molecule has 0 aromatic carbocycles. The van der Waals surface area contributed by atoms with Gasteiger partial charge in [-0.25, -0.2) is 0 Å². The largest absolute Gasteiger partial charge is 0.377 e. The van der Waals surface area contributed by atoms with Crippen LogP contribution < -0.4 is 10.6 Å². The van der Waals surface area contributed by atoms with Gasteiger partial charge in [-0.3, -0.25) is 4.99 Å². The zero-order valence-corrected chi connectivity index (χ0v) is 19.8. The van der Waals surface area contributed by atoms with Crippen molar-refractivity contribution >= 4 is 29.9 Å². The minimum absolute atomic E-state index is 0. The second-order valence-electron chi connectivity index (χ2n) is 9.92. The molecule has 5 rings (SSSR count). The van der Waals surface area contributed by atoms with E-state index >= 15 is 0 Å². The highest BCUT2D eigenvalue weighted by Gasteiger charge is 2.65. The molecule has 2 saturated heterocycles. The minimum Gasteiger partial charge on any atom is -0.377 e. The van der Waals surface area contributed by atoms with Crippen molar-refractivity contribution in [2.45, 2.75) is 82.4 Å².